The fraction of sp³-hybridized carbons (Fsp3) is 0.368. The van der Waals surface area contributed by atoms with Crippen LogP contribution in [0, 0.1) is 0 Å². The number of hydrogen-bond acceptors (Lipinski definition) is 4. The van der Waals surface area contributed by atoms with E-state index in [1.807, 2.05) is 61.5 Å². The Labute approximate surface area is 154 Å². The maximum absolute atomic E-state index is 13.0. The van der Waals surface area contributed by atoms with Crippen LogP contribution in [0.2, 0.25) is 5.02 Å². The van der Waals surface area contributed by atoms with Gasteiger partial charge in [0.2, 0.25) is 7.37 Å². The molecule has 0 aromatic heterocycles. The summed E-state index contributed by atoms with van der Waals surface area (Å²) in [7, 11) is -2.92. The number of halogens is 1. The van der Waals surface area contributed by atoms with Crippen LogP contribution in [-0.4, -0.2) is 30.5 Å². The number of rotatable bonds is 10. The van der Waals surface area contributed by atoms with Gasteiger partial charge < -0.3 is 14.9 Å². The zero-order chi connectivity index (χ0) is 18.1. The van der Waals surface area contributed by atoms with E-state index in [2.05, 4.69) is 5.32 Å². The lowest BCUT2D eigenvalue weighted by Gasteiger charge is -2.21. The van der Waals surface area contributed by atoms with Crippen LogP contribution in [0.4, 0.5) is 0 Å². The summed E-state index contributed by atoms with van der Waals surface area (Å²) in [5, 5.41) is 14.2. The summed E-state index contributed by atoms with van der Waals surface area (Å²) in [5.41, 5.74) is 2.04. The van der Waals surface area contributed by atoms with Gasteiger partial charge in [0, 0.05) is 24.3 Å². The zero-order valence-electron chi connectivity index (χ0n) is 14.4. The van der Waals surface area contributed by atoms with E-state index in [9.17, 15) is 9.67 Å². The Morgan fingerprint density at radius 2 is 1.80 bits per heavy atom. The van der Waals surface area contributed by atoms with Crippen LogP contribution in [0.5, 0.6) is 0 Å². The Hall–Kier alpha value is -1.16. The molecule has 0 amide bonds. The number of aliphatic hydroxyl groups is 1. The Kier molecular flexibility index (Phi) is 8.14. The van der Waals surface area contributed by atoms with Crippen LogP contribution in [0.25, 0.3) is 0 Å². The van der Waals surface area contributed by atoms with Gasteiger partial charge in [0.1, 0.15) is 0 Å². The van der Waals surface area contributed by atoms with E-state index in [-0.39, 0.29) is 6.16 Å². The summed E-state index contributed by atoms with van der Waals surface area (Å²) < 4.78 is 18.6. The van der Waals surface area contributed by atoms with Crippen LogP contribution in [0.3, 0.4) is 0 Å². The van der Waals surface area contributed by atoms with Gasteiger partial charge in [-0.15, -0.1) is 0 Å². The highest BCUT2D eigenvalue weighted by atomic mass is 35.5. The minimum Gasteiger partial charge on any atom is -0.391 e. The van der Waals surface area contributed by atoms with Gasteiger partial charge in [0.05, 0.1) is 18.9 Å². The van der Waals surface area contributed by atoms with Gasteiger partial charge in [-0.25, -0.2) is 0 Å². The van der Waals surface area contributed by atoms with E-state index >= 15 is 0 Å². The predicted octanol–water partition coefficient (Wildman–Crippen LogP) is 4.31. The molecule has 136 valence electrons. The maximum atomic E-state index is 13.0. The molecular weight excluding hydrogens is 357 g/mol. The fourth-order valence-corrected chi connectivity index (χ4v) is 5.09. The molecule has 0 aliphatic carbocycles. The Morgan fingerprint density at radius 1 is 1.12 bits per heavy atom. The summed E-state index contributed by atoms with van der Waals surface area (Å²) in [6.07, 6.45) is -0.243. The fourth-order valence-electron chi connectivity index (χ4n) is 2.63. The molecule has 0 spiro atoms. The van der Waals surface area contributed by atoms with E-state index in [1.165, 1.54) is 0 Å². The van der Waals surface area contributed by atoms with E-state index in [0.29, 0.717) is 30.9 Å². The molecule has 1 unspecified atom stereocenters. The van der Waals surface area contributed by atoms with Crippen molar-refractivity contribution in [3.8, 4) is 0 Å². The minimum absolute atomic E-state index is 0.142. The summed E-state index contributed by atoms with van der Waals surface area (Å²) in [6.45, 7) is 3.16. The first-order chi connectivity index (χ1) is 12.0. The molecule has 2 rings (SSSR count). The van der Waals surface area contributed by atoms with Gasteiger partial charge in [-0.05, 0) is 30.2 Å². The molecule has 0 bridgehead atoms. The highest BCUT2D eigenvalue weighted by Crippen LogP contribution is 2.50. The minimum atomic E-state index is -2.92. The molecule has 0 fully saturated rings. The van der Waals surface area contributed by atoms with Crippen molar-refractivity contribution in [3.05, 3.63) is 70.7 Å². The molecule has 2 aromatic carbocycles. The van der Waals surface area contributed by atoms with E-state index < -0.39 is 13.5 Å². The van der Waals surface area contributed by atoms with Gasteiger partial charge >= 0.3 is 0 Å². The largest absolute Gasteiger partial charge is 0.391 e. The molecular formula is C19H25ClNO3P. The Morgan fingerprint density at radius 3 is 2.44 bits per heavy atom. The van der Waals surface area contributed by atoms with Gasteiger partial charge in [0.25, 0.3) is 0 Å². The summed E-state index contributed by atoms with van der Waals surface area (Å²) in [6, 6.07) is 17.1. The van der Waals surface area contributed by atoms with Crippen molar-refractivity contribution in [2.45, 2.75) is 25.7 Å². The van der Waals surface area contributed by atoms with Crippen molar-refractivity contribution in [3.63, 3.8) is 0 Å². The van der Waals surface area contributed by atoms with Crippen LogP contribution < -0.4 is 5.32 Å². The Bertz CT molecular complexity index is 679. The quantitative estimate of drug-likeness (QED) is 0.602. The monoisotopic (exact) mass is 381 g/mol. The smallest absolute Gasteiger partial charge is 0.210 e. The van der Waals surface area contributed by atoms with Crippen molar-refractivity contribution in [2.75, 3.05) is 19.3 Å². The summed E-state index contributed by atoms with van der Waals surface area (Å²) in [4.78, 5) is 0. The van der Waals surface area contributed by atoms with Crippen LogP contribution in [0.1, 0.15) is 18.1 Å². The summed E-state index contributed by atoms with van der Waals surface area (Å²) in [5.74, 6) is 0. The van der Waals surface area contributed by atoms with Gasteiger partial charge in [0.15, 0.2) is 0 Å². The lowest BCUT2D eigenvalue weighted by molar-refractivity contribution is 0.187. The van der Waals surface area contributed by atoms with Crippen LogP contribution in [0.15, 0.2) is 54.6 Å². The highest BCUT2D eigenvalue weighted by molar-refractivity contribution is 7.58. The molecule has 0 radical (unpaired) electrons. The zero-order valence-corrected chi connectivity index (χ0v) is 16.0. The van der Waals surface area contributed by atoms with Crippen molar-refractivity contribution in [1.29, 1.82) is 0 Å². The van der Waals surface area contributed by atoms with E-state index in [0.717, 1.165) is 11.1 Å². The molecule has 0 aliphatic rings. The highest BCUT2D eigenvalue weighted by Gasteiger charge is 2.26. The third-order valence-corrected chi connectivity index (χ3v) is 6.55. The third kappa shape index (κ3) is 7.31. The average Bonchev–Trinajstić information content (AvgIpc) is 2.57. The molecule has 4 nitrogen and oxygen atoms in total. The molecule has 6 heteroatoms. The first kappa shape index (κ1) is 20.2. The maximum Gasteiger partial charge on any atom is 0.210 e. The molecule has 0 aliphatic heterocycles. The molecule has 2 atom stereocenters. The molecule has 2 aromatic rings. The molecule has 2 N–H and O–H groups in total. The number of nitrogens with one attached hydrogen (secondary N) is 1. The third-order valence-electron chi connectivity index (χ3n) is 3.74. The molecule has 0 saturated carbocycles. The van der Waals surface area contributed by atoms with Gasteiger partial charge in [-0.3, -0.25) is 4.57 Å². The second-order valence-electron chi connectivity index (χ2n) is 5.97. The van der Waals surface area contributed by atoms with E-state index in [4.69, 9.17) is 16.1 Å². The lowest BCUT2D eigenvalue weighted by atomic mass is 10.2. The van der Waals surface area contributed by atoms with Crippen LogP contribution in [-0.2, 0) is 21.8 Å². The SMILES string of the molecule is CCOP(=O)(Cc1ccccc1)C[C@@H](O)CNCc1ccc(Cl)cc1. The lowest BCUT2D eigenvalue weighted by Crippen LogP contribution is -2.29. The van der Waals surface area contributed by atoms with Gasteiger partial charge in [-0.2, -0.15) is 0 Å². The average molecular weight is 382 g/mol. The predicted molar refractivity (Wildman–Crippen MR) is 103 cm³/mol. The number of hydrogen-bond donors (Lipinski definition) is 2. The topological polar surface area (TPSA) is 58.6 Å². The number of aliphatic hydroxyl groups excluding tert-OH is 1. The van der Waals surface area contributed by atoms with Crippen molar-refractivity contribution < 1.29 is 14.2 Å². The molecule has 0 heterocycles. The molecule has 0 saturated heterocycles. The van der Waals surface area contributed by atoms with Crippen molar-refractivity contribution >= 4 is 19.0 Å². The first-order valence-corrected chi connectivity index (χ1v) is 10.8. The Balaban J connectivity index is 1.85. The second kappa shape index (κ2) is 10.1. The van der Waals surface area contributed by atoms with E-state index in [1.54, 1.807) is 0 Å². The van der Waals surface area contributed by atoms with Crippen molar-refractivity contribution in [2.24, 2.45) is 0 Å². The summed E-state index contributed by atoms with van der Waals surface area (Å²) >= 11 is 5.86. The normalized spacial score (nSPS) is 14.8. The molecule has 25 heavy (non-hydrogen) atoms. The number of benzene rings is 2. The van der Waals surface area contributed by atoms with Crippen molar-refractivity contribution in [1.82, 2.24) is 5.32 Å². The first-order valence-electron chi connectivity index (χ1n) is 8.40. The van der Waals surface area contributed by atoms with Gasteiger partial charge in [-0.1, -0.05) is 54.1 Å². The second-order valence-corrected chi connectivity index (χ2v) is 8.97. The van der Waals surface area contributed by atoms with Crippen LogP contribution >= 0.6 is 19.0 Å². The standard InChI is InChI=1S/C19H25ClNO3P/c1-2-24-25(23,14-17-6-4-3-5-7-17)15-19(22)13-21-12-16-8-10-18(20)11-9-16/h3-11,19,21-22H,2,12-15H2,1H3/t19-,25?/m0/s1.